The summed E-state index contributed by atoms with van der Waals surface area (Å²) in [5, 5.41) is 10.6. The highest BCUT2D eigenvalue weighted by Gasteiger charge is 2.21. The lowest BCUT2D eigenvalue weighted by Crippen LogP contribution is -1.93. The van der Waals surface area contributed by atoms with Crippen LogP contribution in [0.2, 0.25) is 0 Å². The number of para-hydroxylation sites is 2. The van der Waals surface area contributed by atoms with Gasteiger partial charge in [-0.1, -0.05) is 103 Å². The smallest absolute Gasteiger partial charge is 0.136 e. The Labute approximate surface area is 280 Å². The van der Waals surface area contributed by atoms with E-state index in [0.29, 0.717) is 0 Å². The Bertz CT molecular complexity index is 3050. The maximum Gasteiger partial charge on any atom is 0.136 e. The first-order chi connectivity index (χ1) is 24.3. The lowest BCUT2D eigenvalue weighted by atomic mass is 9.84. The van der Waals surface area contributed by atoms with E-state index in [1.807, 2.05) is 6.07 Å². The van der Waals surface area contributed by atoms with Crippen LogP contribution >= 0.6 is 0 Å². The van der Waals surface area contributed by atoms with E-state index in [4.69, 9.17) is 8.83 Å². The van der Waals surface area contributed by atoms with Gasteiger partial charge in [0.2, 0.25) is 0 Å². The fourth-order valence-electron chi connectivity index (χ4n) is 8.20. The van der Waals surface area contributed by atoms with Crippen LogP contribution in [0, 0.1) is 0 Å². The van der Waals surface area contributed by atoms with Gasteiger partial charge in [-0.15, -0.1) is 0 Å². The van der Waals surface area contributed by atoms with E-state index in [1.165, 1.54) is 60.0 Å². The third-order valence-corrected chi connectivity index (χ3v) is 10.2. The fraction of sp³-hybridized carbons (Fsp3) is 0. The van der Waals surface area contributed by atoms with Crippen molar-refractivity contribution in [3.05, 3.63) is 164 Å². The molecule has 0 aliphatic rings. The molecule has 3 nitrogen and oxygen atoms in total. The summed E-state index contributed by atoms with van der Waals surface area (Å²) in [5.74, 6) is 0. The maximum atomic E-state index is 6.48. The second-order valence-electron chi connectivity index (χ2n) is 12.8. The highest BCUT2D eigenvalue weighted by atomic mass is 16.3. The summed E-state index contributed by atoms with van der Waals surface area (Å²) < 4.78 is 14.7. The number of rotatable bonds is 3. The molecule has 11 rings (SSSR count). The third-order valence-electron chi connectivity index (χ3n) is 10.2. The molecule has 0 bridgehead atoms. The van der Waals surface area contributed by atoms with Gasteiger partial charge < -0.3 is 13.4 Å². The average molecular weight is 626 g/mol. The Kier molecular flexibility index (Phi) is 5.38. The quantitative estimate of drug-likeness (QED) is 0.183. The number of hydrogen-bond acceptors (Lipinski definition) is 2. The average Bonchev–Trinajstić information content (AvgIpc) is 3.86. The second-order valence-corrected chi connectivity index (χ2v) is 12.8. The molecule has 0 spiro atoms. The van der Waals surface area contributed by atoms with Crippen LogP contribution in [0.1, 0.15) is 0 Å². The standard InChI is InChI=1S/C46H27NO2/c1-2-11-30(12-3-1)47-39-19-9-8-13-31(39)37-25-29(21-22-40(37)47)44-32-14-4-6-16-34(32)45(35-17-7-5-15-33(35)44)36-18-10-20-41-46(36)38-27-42-28(23-24-48-42)26-43(38)49-41/h1-27H. The van der Waals surface area contributed by atoms with E-state index < -0.39 is 0 Å². The van der Waals surface area contributed by atoms with Crippen LogP contribution in [0.5, 0.6) is 0 Å². The van der Waals surface area contributed by atoms with Gasteiger partial charge in [0.1, 0.15) is 16.7 Å². The van der Waals surface area contributed by atoms with Crippen molar-refractivity contribution in [3.8, 4) is 27.9 Å². The van der Waals surface area contributed by atoms with Crippen molar-refractivity contribution in [1.82, 2.24) is 4.57 Å². The first kappa shape index (κ1) is 26.5. The first-order valence-electron chi connectivity index (χ1n) is 16.7. The molecule has 0 unspecified atom stereocenters. The van der Waals surface area contributed by atoms with Crippen molar-refractivity contribution in [3.63, 3.8) is 0 Å². The predicted molar refractivity (Wildman–Crippen MR) is 204 cm³/mol. The molecule has 0 N–H and O–H groups in total. The minimum absolute atomic E-state index is 0.860. The van der Waals surface area contributed by atoms with Crippen molar-refractivity contribution in [2.24, 2.45) is 0 Å². The summed E-state index contributed by atoms with van der Waals surface area (Å²) in [7, 11) is 0. The molecular weight excluding hydrogens is 599 g/mol. The lowest BCUT2D eigenvalue weighted by Gasteiger charge is -2.18. The van der Waals surface area contributed by atoms with Crippen LogP contribution < -0.4 is 0 Å². The monoisotopic (exact) mass is 625 g/mol. The molecule has 0 saturated heterocycles. The van der Waals surface area contributed by atoms with Crippen LogP contribution in [0.15, 0.2) is 173 Å². The molecule has 0 atom stereocenters. The highest BCUT2D eigenvalue weighted by molar-refractivity contribution is 6.26. The SMILES string of the molecule is c1ccc(-n2c3ccccc3c3cc(-c4c5ccccc5c(-c5cccc6oc7cc8ccoc8cc7c56)c5ccccc45)ccc32)cc1. The van der Waals surface area contributed by atoms with Gasteiger partial charge in [0.15, 0.2) is 0 Å². The predicted octanol–water partition coefficient (Wildman–Crippen LogP) is 13.1. The zero-order valence-corrected chi connectivity index (χ0v) is 26.4. The van der Waals surface area contributed by atoms with E-state index in [1.54, 1.807) is 6.26 Å². The van der Waals surface area contributed by atoms with Crippen LogP contribution in [0.25, 0.3) is 104 Å². The molecule has 11 aromatic rings. The van der Waals surface area contributed by atoms with Crippen LogP contribution in [0.4, 0.5) is 0 Å². The van der Waals surface area contributed by atoms with Crippen LogP contribution in [-0.4, -0.2) is 4.57 Å². The van der Waals surface area contributed by atoms with Crippen molar-refractivity contribution in [2.75, 3.05) is 0 Å². The summed E-state index contributed by atoms with van der Waals surface area (Å²) in [5.41, 5.74) is 11.0. The number of fused-ring (bicyclic) bond motifs is 9. The van der Waals surface area contributed by atoms with Gasteiger partial charge in [0.05, 0.1) is 17.3 Å². The fourth-order valence-corrected chi connectivity index (χ4v) is 8.20. The Morgan fingerprint density at radius 3 is 1.86 bits per heavy atom. The molecule has 0 amide bonds. The highest BCUT2D eigenvalue weighted by Crippen LogP contribution is 2.48. The summed E-state index contributed by atoms with van der Waals surface area (Å²) in [6, 6.07) is 56.7. The number of furan rings is 2. The molecule has 0 aliphatic carbocycles. The molecule has 3 heterocycles. The number of aromatic nitrogens is 1. The molecule has 0 radical (unpaired) electrons. The van der Waals surface area contributed by atoms with Gasteiger partial charge >= 0.3 is 0 Å². The third kappa shape index (κ3) is 3.73. The number of benzene rings is 8. The summed E-state index contributed by atoms with van der Waals surface area (Å²) in [6.07, 6.45) is 1.74. The molecule has 49 heavy (non-hydrogen) atoms. The summed E-state index contributed by atoms with van der Waals surface area (Å²) >= 11 is 0. The van der Waals surface area contributed by atoms with Gasteiger partial charge in [0, 0.05) is 32.6 Å². The van der Waals surface area contributed by atoms with Gasteiger partial charge in [-0.3, -0.25) is 0 Å². The van der Waals surface area contributed by atoms with Crippen molar-refractivity contribution in [1.29, 1.82) is 0 Å². The van der Waals surface area contributed by atoms with Crippen molar-refractivity contribution in [2.45, 2.75) is 0 Å². The largest absolute Gasteiger partial charge is 0.464 e. The van der Waals surface area contributed by atoms with Crippen LogP contribution in [0.3, 0.4) is 0 Å². The van der Waals surface area contributed by atoms with Crippen LogP contribution in [-0.2, 0) is 0 Å². The molecule has 228 valence electrons. The molecule has 3 heteroatoms. The molecule has 0 fully saturated rings. The number of nitrogens with zero attached hydrogens (tertiary/aromatic N) is 1. The first-order valence-corrected chi connectivity index (χ1v) is 16.7. The van der Waals surface area contributed by atoms with Crippen molar-refractivity contribution < 1.29 is 8.83 Å². The van der Waals surface area contributed by atoms with E-state index >= 15 is 0 Å². The van der Waals surface area contributed by atoms with Gasteiger partial charge in [0.25, 0.3) is 0 Å². The lowest BCUT2D eigenvalue weighted by molar-refractivity contribution is 0.616. The maximum absolute atomic E-state index is 6.48. The second kappa shape index (κ2) is 9.96. The molecule has 3 aromatic heterocycles. The van der Waals surface area contributed by atoms with E-state index in [-0.39, 0.29) is 0 Å². The summed E-state index contributed by atoms with van der Waals surface area (Å²) in [4.78, 5) is 0. The van der Waals surface area contributed by atoms with Crippen molar-refractivity contribution >= 4 is 76.3 Å². The molecule has 8 aromatic carbocycles. The minimum atomic E-state index is 0.860. The number of hydrogen-bond donors (Lipinski definition) is 0. The molecule has 0 saturated carbocycles. The van der Waals surface area contributed by atoms with Gasteiger partial charge in [-0.25, -0.2) is 0 Å². The van der Waals surface area contributed by atoms with E-state index in [2.05, 4.69) is 156 Å². The zero-order valence-electron chi connectivity index (χ0n) is 26.4. The van der Waals surface area contributed by atoms with E-state index in [9.17, 15) is 0 Å². The van der Waals surface area contributed by atoms with Gasteiger partial charge in [-0.2, -0.15) is 0 Å². The zero-order chi connectivity index (χ0) is 32.1. The normalized spacial score (nSPS) is 12.1. The minimum Gasteiger partial charge on any atom is -0.464 e. The molecular formula is C46H27NO2. The van der Waals surface area contributed by atoms with E-state index in [0.717, 1.165) is 44.2 Å². The Morgan fingerprint density at radius 2 is 1.08 bits per heavy atom. The molecule has 0 aliphatic heterocycles. The Morgan fingerprint density at radius 1 is 0.408 bits per heavy atom. The summed E-state index contributed by atoms with van der Waals surface area (Å²) in [6.45, 7) is 0. The Hall–Kier alpha value is -6.58. The van der Waals surface area contributed by atoms with Gasteiger partial charge in [-0.05, 0) is 98.4 Å². The topological polar surface area (TPSA) is 31.2 Å². The Balaban J connectivity index is 1.23.